The smallest absolute Gasteiger partial charge is 0.256 e. The van der Waals surface area contributed by atoms with Crippen LogP contribution in [0.3, 0.4) is 0 Å². The fourth-order valence-electron chi connectivity index (χ4n) is 1.46. The summed E-state index contributed by atoms with van der Waals surface area (Å²) in [5, 5.41) is 2.22. The second kappa shape index (κ2) is 5.44. The molecule has 0 saturated heterocycles. The van der Waals surface area contributed by atoms with Gasteiger partial charge in [-0.15, -0.1) is 0 Å². The standard InChI is InChI=1S/C13H7BrF3NO/c14-10-5-7(15)1-3-9(10)13(19)18-12-6-8(16)2-4-11(12)17/h1-6H,(H,18,19). The summed E-state index contributed by atoms with van der Waals surface area (Å²) >= 11 is 3.03. The molecule has 2 rings (SSSR count). The first-order valence-electron chi connectivity index (χ1n) is 5.19. The SMILES string of the molecule is O=C(Nc1cc(F)ccc1F)c1ccc(F)cc1Br. The van der Waals surface area contributed by atoms with Gasteiger partial charge in [0.2, 0.25) is 0 Å². The molecule has 2 aromatic rings. The number of hydrogen-bond donors (Lipinski definition) is 1. The molecule has 19 heavy (non-hydrogen) atoms. The molecular formula is C13H7BrF3NO. The number of carbonyl (C=O) groups excluding carboxylic acids is 1. The maximum absolute atomic E-state index is 13.4. The van der Waals surface area contributed by atoms with Crippen LogP contribution in [0.2, 0.25) is 0 Å². The van der Waals surface area contributed by atoms with Gasteiger partial charge in [0.05, 0.1) is 11.3 Å². The van der Waals surface area contributed by atoms with Gasteiger partial charge in [0.25, 0.3) is 5.91 Å². The van der Waals surface area contributed by atoms with E-state index in [1.54, 1.807) is 0 Å². The van der Waals surface area contributed by atoms with E-state index in [9.17, 15) is 18.0 Å². The van der Waals surface area contributed by atoms with E-state index in [0.29, 0.717) is 0 Å². The summed E-state index contributed by atoms with van der Waals surface area (Å²) in [5.41, 5.74) is -0.161. The summed E-state index contributed by atoms with van der Waals surface area (Å²) in [5.74, 6) is -2.61. The average Bonchev–Trinajstić information content (AvgIpc) is 2.33. The number of anilines is 1. The average molecular weight is 330 g/mol. The lowest BCUT2D eigenvalue weighted by Crippen LogP contribution is -2.14. The Bertz CT molecular complexity index is 646. The van der Waals surface area contributed by atoms with Crippen molar-refractivity contribution in [3.8, 4) is 0 Å². The van der Waals surface area contributed by atoms with Crippen molar-refractivity contribution >= 4 is 27.5 Å². The molecular weight excluding hydrogens is 323 g/mol. The third-order valence-corrected chi connectivity index (χ3v) is 3.01. The molecule has 0 aromatic heterocycles. The second-order valence-electron chi connectivity index (χ2n) is 3.70. The molecule has 0 saturated carbocycles. The van der Waals surface area contributed by atoms with E-state index in [0.717, 1.165) is 30.3 Å². The van der Waals surface area contributed by atoms with E-state index in [1.165, 1.54) is 6.07 Å². The first-order chi connectivity index (χ1) is 8.97. The highest BCUT2D eigenvalue weighted by Gasteiger charge is 2.13. The van der Waals surface area contributed by atoms with E-state index >= 15 is 0 Å². The lowest BCUT2D eigenvalue weighted by atomic mass is 10.2. The fourth-order valence-corrected chi connectivity index (χ4v) is 1.99. The molecule has 2 nitrogen and oxygen atoms in total. The number of hydrogen-bond acceptors (Lipinski definition) is 1. The third-order valence-electron chi connectivity index (χ3n) is 2.35. The minimum absolute atomic E-state index is 0.116. The Morgan fingerprint density at radius 3 is 2.32 bits per heavy atom. The third kappa shape index (κ3) is 3.14. The zero-order valence-electron chi connectivity index (χ0n) is 9.38. The molecule has 0 fully saturated rings. The molecule has 1 amide bonds. The van der Waals surface area contributed by atoms with Gasteiger partial charge >= 0.3 is 0 Å². The van der Waals surface area contributed by atoms with Crippen LogP contribution in [0.4, 0.5) is 18.9 Å². The van der Waals surface area contributed by atoms with Gasteiger partial charge in [0.1, 0.15) is 17.5 Å². The molecule has 0 heterocycles. The van der Waals surface area contributed by atoms with E-state index in [2.05, 4.69) is 21.2 Å². The zero-order chi connectivity index (χ0) is 14.0. The maximum Gasteiger partial charge on any atom is 0.256 e. The Kier molecular flexibility index (Phi) is 3.90. The Morgan fingerprint density at radius 1 is 1.00 bits per heavy atom. The van der Waals surface area contributed by atoms with Crippen molar-refractivity contribution < 1.29 is 18.0 Å². The molecule has 1 N–H and O–H groups in total. The van der Waals surface area contributed by atoms with Crippen molar-refractivity contribution in [3.05, 3.63) is 63.9 Å². The van der Waals surface area contributed by atoms with Crippen LogP contribution in [0.5, 0.6) is 0 Å². The number of rotatable bonds is 2. The number of amides is 1. The molecule has 0 aliphatic carbocycles. The minimum Gasteiger partial charge on any atom is -0.319 e. The molecule has 0 aliphatic heterocycles. The molecule has 0 unspecified atom stereocenters. The molecule has 0 radical (unpaired) electrons. The lowest BCUT2D eigenvalue weighted by molar-refractivity contribution is 0.102. The topological polar surface area (TPSA) is 29.1 Å². The molecule has 6 heteroatoms. The van der Waals surface area contributed by atoms with Crippen molar-refractivity contribution in [1.82, 2.24) is 0 Å². The predicted molar refractivity (Wildman–Crippen MR) is 68.4 cm³/mol. The second-order valence-corrected chi connectivity index (χ2v) is 4.56. The molecule has 0 spiro atoms. The fraction of sp³-hybridized carbons (Fsp3) is 0. The first-order valence-corrected chi connectivity index (χ1v) is 5.98. The van der Waals surface area contributed by atoms with Crippen LogP contribution in [-0.2, 0) is 0 Å². The normalized spacial score (nSPS) is 10.3. The van der Waals surface area contributed by atoms with Crippen LogP contribution < -0.4 is 5.32 Å². The van der Waals surface area contributed by atoms with Crippen LogP contribution >= 0.6 is 15.9 Å². The molecule has 0 bridgehead atoms. The van der Waals surface area contributed by atoms with Gasteiger partial charge in [0.15, 0.2) is 0 Å². The van der Waals surface area contributed by atoms with Gasteiger partial charge in [-0.3, -0.25) is 4.79 Å². The van der Waals surface area contributed by atoms with Gasteiger partial charge in [0, 0.05) is 10.5 Å². The summed E-state index contributed by atoms with van der Waals surface area (Å²) in [7, 11) is 0. The van der Waals surface area contributed by atoms with E-state index in [1.807, 2.05) is 0 Å². The number of benzene rings is 2. The van der Waals surface area contributed by atoms with Gasteiger partial charge in [-0.1, -0.05) is 0 Å². The zero-order valence-corrected chi connectivity index (χ0v) is 11.0. The van der Waals surface area contributed by atoms with Crippen molar-refractivity contribution in [3.63, 3.8) is 0 Å². The van der Waals surface area contributed by atoms with Crippen molar-refractivity contribution in [2.75, 3.05) is 5.32 Å². The summed E-state index contributed by atoms with van der Waals surface area (Å²) in [6.07, 6.45) is 0. The van der Waals surface area contributed by atoms with Crippen molar-refractivity contribution in [2.24, 2.45) is 0 Å². The Hall–Kier alpha value is -1.82. The predicted octanol–water partition coefficient (Wildman–Crippen LogP) is 4.12. The summed E-state index contributed by atoms with van der Waals surface area (Å²) in [4.78, 5) is 11.9. The highest BCUT2D eigenvalue weighted by atomic mass is 79.9. The Labute approximate surface area is 115 Å². The number of carbonyl (C=O) groups is 1. The van der Waals surface area contributed by atoms with Crippen LogP contribution in [0.25, 0.3) is 0 Å². The van der Waals surface area contributed by atoms with Gasteiger partial charge in [-0.05, 0) is 46.3 Å². The van der Waals surface area contributed by atoms with Crippen LogP contribution in [0.1, 0.15) is 10.4 Å². The van der Waals surface area contributed by atoms with Gasteiger partial charge < -0.3 is 5.32 Å². The highest BCUT2D eigenvalue weighted by molar-refractivity contribution is 9.10. The molecule has 2 aromatic carbocycles. The molecule has 0 atom stereocenters. The quantitative estimate of drug-likeness (QED) is 0.882. The summed E-state index contributed by atoms with van der Waals surface area (Å²) in [6.45, 7) is 0. The molecule has 98 valence electrons. The van der Waals surface area contributed by atoms with Crippen molar-refractivity contribution in [1.29, 1.82) is 0 Å². The lowest BCUT2D eigenvalue weighted by Gasteiger charge is -2.08. The van der Waals surface area contributed by atoms with E-state index in [4.69, 9.17) is 0 Å². The van der Waals surface area contributed by atoms with E-state index in [-0.39, 0.29) is 15.7 Å². The summed E-state index contributed by atoms with van der Waals surface area (Å²) < 4.78 is 39.4. The highest BCUT2D eigenvalue weighted by Crippen LogP contribution is 2.21. The Balaban J connectivity index is 2.28. The number of halogens is 4. The monoisotopic (exact) mass is 329 g/mol. The molecule has 0 aliphatic rings. The number of nitrogens with one attached hydrogen (secondary N) is 1. The largest absolute Gasteiger partial charge is 0.319 e. The van der Waals surface area contributed by atoms with Crippen LogP contribution in [-0.4, -0.2) is 5.91 Å². The van der Waals surface area contributed by atoms with Gasteiger partial charge in [-0.25, -0.2) is 13.2 Å². The summed E-state index contributed by atoms with van der Waals surface area (Å²) in [6, 6.07) is 6.17. The van der Waals surface area contributed by atoms with Crippen LogP contribution in [0, 0.1) is 17.5 Å². The van der Waals surface area contributed by atoms with Crippen molar-refractivity contribution in [2.45, 2.75) is 0 Å². The Morgan fingerprint density at radius 2 is 1.63 bits per heavy atom. The minimum atomic E-state index is -0.756. The van der Waals surface area contributed by atoms with Gasteiger partial charge in [-0.2, -0.15) is 0 Å². The maximum atomic E-state index is 13.4. The van der Waals surface area contributed by atoms with Crippen LogP contribution in [0.15, 0.2) is 40.9 Å². The van der Waals surface area contributed by atoms with E-state index < -0.39 is 23.4 Å². The first kappa shape index (κ1) is 13.6.